The molecule has 0 bridgehead atoms. The van der Waals surface area contributed by atoms with Gasteiger partial charge in [-0.15, -0.1) is 0 Å². The van der Waals surface area contributed by atoms with Gasteiger partial charge in [-0.05, 0) is 36.3 Å². The molecule has 0 aromatic heterocycles. The lowest BCUT2D eigenvalue weighted by atomic mass is 10.0. The smallest absolute Gasteiger partial charge is 0.188 e. The number of hydrogen-bond acceptors (Lipinski definition) is 2. The van der Waals surface area contributed by atoms with Crippen molar-refractivity contribution in [3.05, 3.63) is 71.3 Å². The zero-order chi connectivity index (χ0) is 13.7. The Labute approximate surface area is 113 Å². The predicted molar refractivity (Wildman–Crippen MR) is 77.4 cm³/mol. The average Bonchev–Trinajstić information content (AvgIpc) is 2.48. The lowest BCUT2D eigenvalue weighted by molar-refractivity contribution is 0.103. The fourth-order valence-corrected chi connectivity index (χ4v) is 1.83. The highest BCUT2D eigenvalue weighted by Crippen LogP contribution is 2.16. The molecule has 0 unspecified atom stereocenters. The zero-order valence-corrected chi connectivity index (χ0v) is 11.1. The topological polar surface area (TPSA) is 26.3 Å². The van der Waals surface area contributed by atoms with Gasteiger partial charge in [0.05, 0.1) is 7.11 Å². The normalized spacial score (nSPS) is 11.2. The zero-order valence-electron chi connectivity index (χ0n) is 11.1. The maximum absolute atomic E-state index is 12.2. The minimum atomic E-state index is 0.0522. The van der Waals surface area contributed by atoms with Crippen LogP contribution >= 0.6 is 0 Å². The van der Waals surface area contributed by atoms with Crippen molar-refractivity contribution in [2.45, 2.75) is 6.92 Å². The molecule has 0 aliphatic rings. The SMILES string of the molecule is COc1ccc(C=C(C)C(=O)c2ccccc2)cc1. The molecule has 96 valence electrons. The molecule has 2 heteroatoms. The highest BCUT2D eigenvalue weighted by atomic mass is 16.5. The van der Waals surface area contributed by atoms with E-state index in [0.717, 1.165) is 16.9 Å². The van der Waals surface area contributed by atoms with Crippen molar-refractivity contribution in [2.75, 3.05) is 7.11 Å². The van der Waals surface area contributed by atoms with Gasteiger partial charge in [0.2, 0.25) is 0 Å². The van der Waals surface area contributed by atoms with E-state index in [-0.39, 0.29) is 5.78 Å². The quantitative estimate of drug-likeness (QED) is 0.607. The third kappa shape index (κ3) is 3.32. The molecule has 0 aliphatic carbocycles. The number of hydrogen-bond donors (Lipinski definition) is 0. The molecular formula is C17H16O2. The second-order valence-corrected chi connectivity index (χ2v) is 4.30. The van der Waals surface area contributed by atoms with E-state index < -0.39 is 0 Å². The highest BCUT2D eigenvalue weighted by molar-refractivity contribution is 6.10. The summed E-state index contributed by atoms with van der Waals surface area (Å²) in [6.45, 7) is 1.83. The van der Waals surface area contributed by atoms with Gasteiger partial charge in [-0.3, -0.25) is 4.79 Å². The second kappa shape index (κ2) is 6.01. The largest absolute Gasteiger partial charge is 0.497 e. The van der Waals surface area contributed by atoms with Crippen LogP contribution in [0.4, 0.5) is 0 Å². The molecule has 2 aromatic rings. The fraction of sp³-hybridized carbons (Fsp3) is 0.118. The van der Waals surface area contributed by atoms with Gasteiger partial charge in [-0.2, -0.15) is 0 Å². The Bertz CT molecular complexity index is 580. The summed E-state index contributed by atoms with van der Waals surface area (Å²) in [7, 11) is 1.63. The van der Waals surface area contributed by atoms with E-state index in [1.54, 1.807) is 7.11 Å². The Balaban J connectivity index is 2.20. The molecule has 0 spiro atoms. The summed E-state index contributed by atoms with van der Waals surface area (Å²) in [5, 5.41) is 0. The summed E-state index contributed by atoms with van der Waals surface area (Å²) in [6, 6.07) is 16.9. The number of Topliss-reactive ketones (excluding diaryl/α,β-unsaturated/α-hetero) is 1. The standard InChI is InChI=1S/C17H16O2/c1-13(17(18)15-6-4-3-5-7-15)12-14-8-10-16(19-2)11-9-14/h3-12H,1-2H3. The van der Waals surface area contributed by atoms with Gasteiger partial charge in [-0.25, -0.2) is 0 Å². The second-order valence-electron chi connectivity index (χ2n) is 4.30. The molecule has 2 nitrogen and oxygen atoms in total. The van der Waals surface area contributed by atoms with Gasteiger partial charge in [0, 0.05) is 5.56 Å². The van der Waals surface area contributed by atoms with Crippen molar-refractivity contribution in [3.63, 3.8) is 0 Å². The maximum atomic E-state index is 12.2. The van der Waals surface area contributed by atoms with Crippen LogP contribution in [0.1, 0.15) is 22.8 Å². The van der Waals surface area contributed by atoms with E-state index >= 15 is 0 Å². The molecule has 0 heterocycles. The third-order valence-corrected chi connectivity index (χ3v) is 2.89. The van der Waals surface area contributed by atoms with Gasteiger partial charge in [0.1, 0.15) is 5.75 Å². The molecule has 0 atom stereocenters. The highest BCUT2D eigenvalue weighted by Gasteiger charge is 2.06. The van der Waals surface area contributed by atoms with Gasteiger partial charge in [0.15, 0.2) is 5.78 Å². The van der Waals surface area contributed by atoms with Crippen LogP contribution in [0.15, 0.2) is 60.2 Å². The van der Waals surface area contributed by atoms with E-state index in [0.29, 0.717) is 5.56 Å². The molecule has 0 radical (unpaired) electrons. The number of carbonyl (C=O) groups is 1. The van der Waals surface area contributed by atoms with Gasteiger partial charge >= 0.3 is 0 Å². The van der Waals surface area contributed by atoms with Crippen LogP contribution in [0.2, 0.25) is 0 Å². The molecule has 2 aromatic carbocycles. The molecule has 0 N–H and O–H groups in total. The molecular weight excluding hydrogens is 236 g/mol. The van der Waals surface area contributed by atoms with Crippen LogP contribution in [0.25, 0.3) is 6.08 Å². The minimum absolute atomic E-state index is 0.0522. The average molecular weight is 252 g/mol. The first-order chi connectivity index (χ1) is 9.20. The van der Waals surface area contributed by atoms with E-state index in [1.807, 2.05) is 67.6 Å². The van der Waals surface area contributed by atoms with E-state index in [4.69, 9.17) is 4.74 Å². The van der Waals surface area contributed by atoms with Gasteiger partial charge in [-0.1, -0.05) is 42.5 Å². The molecule has 19 heavy (non-hydrogen) atoms. The first kappa shape index (κ1) is 13.1. The van der Waals surface area contributed by atoms with Crippen molar-refractivity contribution >= 4 is 11.9 Å². The summed E-state index contributed by atoms with van der Waals surface area (Å²) < 4.78 is 5.10. The van der Waals surface area contributed by atoms with Crippen LogP contribution in [0.5, 0.6) is 5.75 Å². The Morgan fingerprint density at radius 3 is 2.21 bits per heavy atom. The molecule has 0 saturated heterocycles. The number of ether oxygens (including phenoxy) is 1. The summed E-state index contributed by atoms with van der Waals surface area (Å²) in [4.78, 5) is 12.2. The molecule has 0 saturated carbocycles. The molecule has 0 amide bonds. The Morgan fingerprint density at radius 2 is 1.63 bits per heavy atom. The molecule has 0 fully saturated rings. The number of methoxy groups -OCH3 is 1. The van der Waals surface area contributed by atoms with Crippen LogP contribution in [0, 0.1) is 0 Å². The monoisotopic (exact) mass is 252 g/mol. The van der Waals surface area contributed by atoms with Crippen LogP contribution in [-0.4, -0.2) is 12.9 Å². The van der Waals surface area contributed by atoms with Crippen molar-refractivity contribution in [3.8, 4) is 5.75 Å². The minimum Gasteiger partial charge on any atom is -0.497 e. The summed E-state index contributed by atoms with van der Waals surface area (Å²) in [5.41, 5.74) is 2.42. The van der Waals surface area contributed by atoms with Crippen LogP contribution in [0.3, 0.4) is 0 Å². The number of ketones is 1. The van der Waals surface area contributed by atoms with E-state index in [1.165, 1.54) is 0 Å². The molecule has 2 rings (SSSR count). The Hall–Kier alpha value is -2.35. The van der Waals surface area contributed by atoms with E-state index in [2.05, 4.69) is 0 Å². The first-order valence-electron chi connectivity index (χ1n) is 6.13. The van der Waals surface area contributed by atoms with Crippen LogP contribution < -0.4 is 4.74 Å². The van der Waals surface area contributed by atoms with Crippen molar-refractivity contribution in [2.24, 2.45) is 0 Å². The maximum Gasteiger partial charge on any atom is 0.188 e. The van der Waals surface area contributed by atoms with Crippen molar-refractivity contribution < 1.29 is 9.53 Å². The Kier molecular flexibility index (Phi) is 4.14. The van der Waals surface area contributed by atoms with Crippen molar-refractivity contribution in [1.82, 2.24) is 0 Å². The molecule has 0 aliphatic heterocycles. The fourth-order valence-electron chi connectivity index (χ4n) is 1.83. The summed E-state index contributed by atoms with van der Waals surface area (Å²) in [5.74, 6) is 0.862. The van der Waals surface area contributed by atoms with Crippen LogP contribution in [-0.2, 0) is 0 Å². The summed E-state index contributed by atoms with van der Waals surface area (Å²) >= 11 is 0. The summed E-state index contributed by atoms with van der Waals surface area (Å²) in [6.07, 6.45) is 1.88. The van der Waals surface area contributed by atoms with E-state index in [9.17, 15) is 4.79 Å². The van der Waals surface area contributed by atoms with Gasteiger partial charge < -0.3 is 4.74 Å². The Morgan fingerprint density at radius 1 is 1.00 bits per heavy atom. The van der Waals surface area contributed by atoms with Gasteiger partial charge in [0.25, 0.3) is 0 Å². The lowest BCUT2D eigenvalue weighted by Crippen LogP contribution is -1.99. The third-order valence-electron chi connectivity index (χ3n) is 2.89. The number of rotatable bonds is 4. The number of allylic oxidation sites excluding steroid dienone is 1. The predicted octanol–water partition coefficient (Wildman–Crippen LogP) is 3.98. The number of benzene rings is 2. The first-order valence-corrected chi connectivity index (χ1v) is 6.13. The van der Waals surface area contributed by atoms with Crippen molar-refractivity contribution in [1.29, 1.82) is 0 Å². The number of carbonyl (C=O) groups excluding carboxylic acids is 1. The lowest BCUT2D eigenvalue weighted by Gasteiger charge is -2.03.